The Balaban J connectivity index is 2.24. The molecule has 0 aliphatic carbocycles. The average Bonchev–Trinajstić information content (AvgIpc) is 2.87. The molecule has 0 bridgehead atoms. The van der Waals surface area contributed by atoms with Gasteiger partial charge in [0.1, 0.15) is 5.75 Å². The highest BCUT2D eigenvalue weighted by molar-refractivity contribution is 5.55. The number of aliphatic hydroxyl groups excluding tert-OH is 1. The molecule has 2 rings (SSSR count). The molecule has 0 amide bonds. The first-order valence-electron chi connectivity index (χ1n) is 5.35. The fraction of sp³-hybridized carbons (Fsp3) is 0.273. The molecule has 0 radical (unpaired) electrons. The molecule has 0 fully saturated rings. The summed E-state index contributed by atoms with van der Waals surface area (Å²) in [4.78, 5) is 3.97. The van der Waals surface area contributed by atoms with Gasteiger partial charge in [-0.15, -0.1) is 0 Å². The summed E-state index contributed by atoms with van der Waals surface area (Å²) < 4.78 is 33.4. The summed E-state index contributed by atoms with van der Waals surface area (Å²) in [5.74, 6) is 0.231. The maximum absolute atomic E-state index is 12.1. The Morgan fingerprint density at radius 1 is 1.42 bits per heavy atom. The van der Waals surface area contributed by atoms with Crippen molar-refractivity contribution in [1.82, 2.24) is 10.1 Å². The number of aromatic nitrogens is 2. The summed E-state index contributed by atoms with van der Waals surface area (Å²) in [6, 6.07) is 5.08. The van der Waals surface area contributed by atoms with Crippen molar-refractivity contribution in [1.29, 1.82) is 0 Å². The number of nitrogens with zero attached hydrogens (tertiary/aromatic N) is 2. The third-order valence-corrected chi connectivity index (χ3v) is 2.28. The lowest BCUT2D eigenvalue weighted by atomic mass is 10.2. The quantitative estimate of drug-likeness (QED) is 0.852. The average molecular weight is 271 g/mol. The first kappa shape index (κ1) is 13.4. The normalized spacial score (nSPS) is 12.7. The van der Waals surface area contributed by atoms with Crippen LogP contribution < -0.4 is 10.5 Å². The molecule has 0 spiro atoms. The monoisotopic (exact) mass is 271 g/mol. The van der Waals surface area contributed by atoms with Crippen molar-refractivity contribution in [3.8, 4) is 17.2 Å². The predicted molar refractivity (Wildman–Crippen MR) is 60.4 cm³/mol. The molecule has 0 saturated carbocycles. The highest BCUT2D eigenvalue weighted by Crippen LogP contribution is 2.24. The number of rotatable bonds is 5. The number of aliphatic hydroxyl groups is 1. The number of halogens is 2. The van der Waals surface area contributed by atoms with Gasteiger partial charge in [0.15, 0.2) is 5.82 Å². The number of hydrogen-bond donors (Lipinski definition) is 2. The molecule has 1 heterocycles. The molecule has 8 heteroatoms. The second kappa shape index (κ2) is 5.72. The van der Waals surface area contributed by atoms with Gasteiger partial charge in [-0.3, -0.25) is 0 Å². The van der Waals surface area contributed by atoms with Gasteiger partial charge < -0.3 is 20.1 Å². The Bertz CT molecular complexity index is 547. The Labute approximate surface area is 106 Å². The van der Waals surface area contributed by atoms with Crippen LogP contribution >= 0.6 is 0 Å². The van der Waals surface area contributed by atoms with E-state index in [4.69, 9.17) is 15.4 Å². The van der Waals surface area contributed by atoms with Crippen LogP contribution in [-0.2, 0) is 0 Å². The minimum atomic E-state index is -2.91. The SMILES string of the molecule is NC(CO)c1noc(-c2cccc(OC(F)F)c2)n1. The van der Waals surface area contributed by atoms with E-state index in [0.29, 0.717) is 5.56 Å². The molecule has 6 nitrogen and oxygen atoms in total. The zero-order valence-corrected chi connectivity index (χ0v) is 9.66. The van der Waals surface area contributed by atoms with Crippen LogP contribution in [0.2, 0.25) is 0 Å². The fourth-order valence-electron chi connectivity index (χ4n) is 1.39. The molecule has 0 saturated heterocycles. The van der Waals surface area contributed by atoms with Gasteiger partial charge in [-0.25, -0.2) is 0 Å². The van der Waals surface area contributed by atoms with Crippen molar-refractivity contribution < 1.29 is 23.1 Å². The van der Waals surface area contributed by atoms with Gasteiger partial charge in [-0.05, 0) is 18.2 Å². The van der Waals surface area contributed by atoms with Crippen LogP contribution in [0.3, 0.4) is 0 Å². The summed E-state index contributed by atoms with van der Waals surface area (Å²) in [5.41, 5.74) is 5.94. The number of alkyl halides is 2. The molecular formula is C11H11F2N3O3. The minimum Gasteiger partial charge on any atom is -0.435 e. The number of hydrogen-bond acceptors (Lipinski definition) is 6. The summed E-state index contributed by atoms with van der Waals surface area (Å²) in [5, 5.41) is 12.5. The van der Waals surface area contributed by atoms with E-state index in [9.17, 15) is 8.78 Å². The zero-order valence-electron chi connectivity index (χ0n) is 9.66. The Hall–Kier alpha value is -2.06. The van der Waals surface area contributed by atoms with Gasteiger partial charge in [0.25, 0.3) is 5.89 Å². The van der Waals surface area contributed by atoms with Crippen LogP contribution in [0.5, 0.6) is 5.75 Å². The Morgan fingerprint density at radius 3 is 2.89 bits per heavy atom. The topological polar surface area (TPSA) is 94.4 Å². The van der Waals surface area contributed by atoms with Crippen molar-refractivity contribution in [2.75, 3.05) is 6.61 Å². The van der Waals surface area contributed by atoms with E-state index in [1.165, 1.54) is 18.2 Å². The first-order valence-corrected chi connectivity index (χ1v) is 5.35. The molecule has 2 aromatic rings. The Morgan fingerprint density at radius 2 is 2.21 bits per heavy atom. The first-order chi connectivity index (χ1) is 9.10. The van der Waals surface area contributed by atoms with Gasteiger partial charge in [0, 0.05) is 5.56 Å². The molecule has 1 aromatic heterocycles. The van der Waals surface area contributed by atoms with E-state index in [0.717, 1.165) is 0 Å². The minimum absolute atomic E-state index is 0.0151. The van der Waals surface area contributed by atoms with Gasteiger partial charge in [0.05, 0.1) is 12.6 Å². The lowest BCUT2D eigenvalue weighted by Gasteiger charge is -2.04. The lowest BCUT2D eigenvalue weighted by Crippen LogP contribution is -2.15. The van der Waals surface area contributed by atoms with Crippen molar-refractivity contribution in [3.63, 3.8) is 0 Å². The number of benzene rings is 1. The Kier molecular flexibility index (Phi) is 4.03. The summed E-state index contributed by atoms with van der Waals surface area (Å²) in [7, 11) is 0. The largest absolute Gasteiger partial charge is 0.435 e. The molecule has 3 N–H and O–H groups in total. The second-order valence-electron chi connectivity index (χ2n) is 3.65. The highest BCUT2D eigenvalue weighted by atomic mass is 19.3. The molecule has 102 valence electrons. The van der Waals surface area contributed by atoms with E-state index >= 15 is 0 Å². The van der Waals surface area contributed by atoms with Crippen molar-refractivity contribution in [2.45, 2.75) is 12.7 Å². The van der Waals surface area contributed by atoms with Crippen molar-refractivity contribution in [3.05, 3.63) is 30.1 Å². The summed E-state index contributed by atoms with van der Waals surface area (Å²) in [6.07, 6.45) is 0. The lowest BCUT2D eigenvalue weighted by molar-refractivity contribution is -0.0498. The maximum atomic E-state index is 12.1. The standard InChI is InChI=1S/C11H11F2N3O3/c12-11(13)18-7-3-1-2-6(4-7)10-15-9(16-19-10)8(14)5-17/h1-4,8,11,17H,5,14H2. The molecule has 0 aliphatic heterocycles. The maximum Gasteiger partial charge on any atom is 0.387 e. The smallest absolute Gasteiger partial charge is 0.387 e. The van der Waals surface area contributed by atoms with E-state index in [2.05, 4.69) is 14.9 Å². The second-order valence-corrected chi connectivity index (χ2v) is 3.65. The molecule has 1 unspecified atom stereocenters. The van der Waals surface area contributed by atoms with Crippen LogP contribution in [0.4, 0.5) is 8.78 Å². The molecule has 19 heavy (non-hydrogen) atoms. The van der Waals surface area contributed by atoms with Crippen LogP contribution in [-0.4, -0.2) is 28.5 Å². The highest BCUT2D eigenvalue weighted by Gasteiger charge is 2.15. The fourth-order valence-corrected chi connectivity index (χ4v) is 1.39. The third-order valence-electron chi connectivity index (χ3n) is 2.28. The van der Waals surface area contributed by atoms with Gasteiger partial charge in [0.2, 0.25) is 0 Å². The van der Waals surface area contributed by atoms with Crippen molar-refractivity contribution in [2.24, 2.45) is 5.73 Å². The summed E-state index contributed by atoms with van der Waals surface area (Å²) in [6.45, 7) is -3.23. The molecule has 0 aliphatic rings. The zero-order chi connectivity index (χ0) is 13.8. The van der Waals surface area contributed by atoms with Crippen molar-refractivity contribution >= 4 is 0 Å². The predicted octanol–water partition coefficient (Wildman–Crippen LogP) is 1.33. The summed E-state index contributed by atoms with van der Waals surface area (Å²) >= 11 is 0. The van der Waals surface area contributed by atoms with Gasteiger partial charge in [-0.2, -0.15) is 13.8 Å². The van der Waals surface area contributed by atoms with E-state index in [1.54, 1.807) is 6.07 Å². The molecule has 1 aromatic carbocycles. The van der Waals surface area contributed by atoms with Crippen LogP contribution in [0, 0.1) is 0 Å². The molecule has 1 atom stereocenters. The van der Waals surface area contributed by atoms with Gasteiger partial charge >= 0.3 is 6.61 Å². The number of ether oxygens (including phenoxy) is 1. The van der Waals surface area contributed by atoms with Crippen LogP contribution in [0.1, 0.15) is 11.9 Å². The van der Waals surface area contributed by atoms with Crippen LogP contribution in [0.15, 0.2) is 28.8 Å². The van der Waals surface area contributed by atoms with E-state index in [1.807, 2.05) is 0 Å². The van der Waals surface area contributed by atoms with E-state index < -0.39 is 12.7 Å². The van der Waals surface area contributed by atoms with E-state index in [-0.39, 0.29) is 24.1 Å². The number of nitrogens with two attached hydrogens (primary N) is 1. The molecular weight excluding hydrogens is 260 g/mol. The van der Waals surface area contributed by atoms with Gasteiger partial charge in [-0.1, -0.05) is 11.2 Å². The van der Waals surface area contributed by atoms with Crippen LogP contribution in [0.25, 0.3) is 11.5 Å². The third kappa shape index (κ3) is 3.24.